The molecule has 1 atom stereocenters. The zero-order valence-corrected chi connectivity index (χ0v) is 8.35. The van der Waals surface area contributed by atoms with E-state index in [0.717, 1.165) is 0 Å². The van der Waals surface area contributed by atoms with E-state index < -0.39 is 20.7 Å². The summed E-state index contributed by atoms with van der Waals surface area (Å²) in [5, 5.41) is 48.1. The van der Waals surface area contributed by atoms with E-state index in [1.54, 1.807) is 0 Å². The van der Waals surface area contributed by atoms with Gasteiger partial charge in [-0.25, -0.2) is 0 Å². The molecule has 16 heavy (non-hydrogen) atoms. The van der Waals surface area contributed by atoms with Crippen molar-refractivity contribution in [2.75, 3.05) is 19.8 Å². The number of aliphatic hydroxyl groups is 2. The molecule has 0 aliphatic carbocycles. The maximum absolute atomic E-state index is 8.24. The number of hydrogen-bond acceptors (Lipinski definition) is 8. The number of hydrogen-bond donors (Lipinski definition) is 6. The molecular weight excluding hydrogens is 233 g/mol. The standard InChI is InChI=1S/C3H10B2O6.C2H6O2.Na.H/c1-3(11-5(8)9)2-10-4(6)7;3-1-2-4;;/h3,6-9H,2H2,1H3;3-4H,1-2H2;;. The van der Waals surface area contributed by atoms with Crippen molar-refractivity contribution in [3.05, 3.63) is 0 Å². The molecule has 0 saturated carbocycles. The Balaban J connectivity index is -0.000000292. The SMILES string of the molecule is CC(COB(O)O)OB(O)O.OCCO.[NaH]. The van der Waals surface area contributed by atoms with Crippen LogP contribution in [0.1, 0.15) is 6.92 Å². The van der Waals surface area contributed by atoms with Crippen LogP contribution in [0, 0.1) is 0 Å². The third-order valence-corrected chi connectivity index (χ3v) is 0.934. The van der Waals surface area contributed by atoms with Crippen molar-refractivity contribution in [1.82, 2.24) is 0 Å². The first-order chi connectivity index (χ1) is 6.93. The van der Waals surface area contributed by atoms with Crippen molar-refractivity contribution in [3.63, 3.8) is 0 Å². The van der Waals surface area contributed by atoms with E-state index >= 15 is 0 Å². The molecule has 0 saturated heterocycles. The van der Waals surface area contributed by atoms with Crippen LogP contribution in [-0.2, 0) is 9.31 Å². The van der Waals surface area contributed by atoms with Crippen molar-refractivity contribution >= 4 is 44.2 Å². The van der Waals surface area contributed by atoms with E-state index in [4.69, 9.17) is 30.3 Å². The van der Waals surface area contributed by atoms with Gasteiger partial charge in [0.1, 0.15) is 0 Å². The minimum atomic E-state index is -1.87. The second kappa shape index (κ2) is 15.8. The molecule has 0 rings (SSSR count). The van der Waals surface area contributed by atoms with Crippen LogP contribution in [0.25, 0.3) is 0 Å². The summed E-state index contributed by atoms with van der Waals surface area (Å²) in [6.45, 7) is 1.11. The molecule has 0 amide bonds. The van der Waals surface area contributed by atoms with Crippen LogP contribution in [0.3, 0.4) is 0 Å². The second-order valence-electron chi connectivity index (χ2n) is 2.38. The van der Waals surface area contributed by atoms with Crippen LogP contribution in [0.2, 0.25) is 0 Å². The molecule has 0 fully saturated rings. The van der Waals surface area contributed by atoms with Gasteiger partial charge in [0.2, 0.25) is 0 Å². The monoisotopic (exact) mass is 250 g/mol. The van der Waals surface area contributed by atoms with Gasteiger partial charge in [-0.05, 0) is 6.92 Å². The Kier molecular flexibility index (Phi) is 21.8. The van der Waals surface area contributed by atoms with E-state index in [1.165, 1.54) is 6.92 Å². The summed E-state index contributed by atoms with van der Waals surface area (Å²) in [7, 11) is -3.73. The van der Waals surface area contributed by atoms with E-state index in [2.05, 4.69) is 9.31 Å². The first kappa shape index (κ1) is 22.0. The van der Waals surface area contributed by atoms with Gasteiger partial charge >= 0.3 is 44.2 Å². The zero-order chi connectivity index (χ0) is 12.3. The summed E-state index contributed by atoms with van der Waals surface area (Å²) in [5.74, 6) is 0. The van der Waals surface area contributed by atoms with Crippen molar-refractivity contribution < 1.29 is 39.6 Å². The normalized spacial score (nSPS) is 10.7. The summed E-state index contributed by atoms with van der Waals surface area (Å²) < 4.78 is 8.63. The van der Waals surface area contributed by atoms with Gasteiger partial charge in [-0.3, -0.25) is 0 Å². The van der Waals surface area contributed by atoms with Gasteiger partial charge in [0.25, 0.3) is 0 Å². The van der Waals surface area contributed by atoms with Crippen molar-refractivity contribution in [3.8, 4) is 0 Å². The molecule has 0 radical (unpaired) electrons. The second-order valence-corrected chi connectivity index (χ2v) is 2.38. The fraction of sp³-hybridized carbons (Fsp3) is 1.00. The third-order valence-electron chi connectivity index (χ3n) is 0.934. The zero-order valence-electron chi connectivity index (χ0n) is 8.35. The Morgan fingerprint density at radius 1 is 1.00 bits per heavy atom. The van der Waals surface area contributed by atoms with Gasteiger partial charge in [0.15, 0.2) is 0 Å². The topological polar surface area (TPSA) is 140 Å². The Morgan fingerprint density at radius 3 is 1.69 bits per heavy atom. The van der Waals surface area contributed by atoms with Crippen LogP contribution in [-0.4, -0.2) is 100 Å². The van der Waals surface area contributed by atoms with Crippen LogP contribution < -0.4 is 0 Å². The van der Waals surface area contributed by atoms with Gasteiger partial charge in [-0.1, -0.05) is 0 Å². The average Bonchev–Trinajstić information content (AvgIpc) is 2.14. The average molecular weight is 250 g/mol. The van der Waals surface area contributed by atoms with Gasteiger partial charge < -0.3 is 39.6 Å². The van der Waals surface area contributed by atoms with Gasteiger partial charge in [0, 0.05) is 0 Å². The fourth-order valence-corrected chi connectivity index (χ4v) is 0.469. The Bertz CT molecular complexity index is 127. The first-order valence-electron chi connectivity index (χ1n) is 4.15. The fourth-order valence-electron chi connectivity index (χ4n) is 0.469. The molecule has 6 N–H and O–H groups in total. The molecule has 11 heteroatoms. The Morgan fingerprint density at radius 2 is 1.44 bits per heavy atom. The number of aliphatic hydroxyl groups excluding tert-OH is 2. The molecule has 92 valence electrons. The molecule has 0 aromatic rings. The molecule has 1 unspecified atom stereocenters. The van der Waals surface area contributed by atoms with Gasteiger partial charge in [-0.2, -0.15) is 0 Å². The minimum absolute atomic E-state index is 0. The molecule has 8 nitrogen and oxygen atoms in total. The quantitative estimate of drug-likeness (QED) is 0.260. The van der Waals surface area contributed by atoms with E-state index in [1.807, 2.05) is 0 Å². The van der Waals surface area contributed by atoms with E-state index in [0.29, 0.717) is 0 Å². The molecule has 0 spiro atoms. The van der Waals surface area contributed by atoms with Gasteiger partial charge in [-0.15, -0.1) is 0 Å². The Hall–Kier alpha value is 0.810. The van der Waals surface area contributed by atoms with E-state index in [-0.39, 0.29) is 49.4 Å². The molecule has 0 aromatic heterocycles. The molecule has 0 bridgehead atoms. The summed E-state index contributed by atoms with van der Waals surface area (Å²) in [6, 6.07) is 0. The first-order valence-corrected chi connectivity index (χ1v) is 4.15. The summed E-state index contributed by atoms with van der Waals surface area (Å²) in [5.41, 5.74) is 0. The van der Waals surface area contributed by atoms with Crippen molar-refractivity contribution in [2.24, 2.45) is 0 Å². The Labute approximate surface area is 116 Å². The van der Waals surface area contributed by atoms with Crippen LogP contribution >= 0.6 is 0 Å². The molecule has 0 aliphatic rings. The van der Waals surface area contributed by atoms with Crippen molar-refractivity contribution in [1.29, 1.82) is 0 Å². The predicted molar refractivity (Wildman–Crippen MR) is 58.2 cm³/mol. The summed E-state index contributed by atoms with van der Waals surface area (Å²) in [4.78, 5) is 0. The van der Waals surface area contributed by atoms with E-state index in [9.17, 15) is 0 Å². The maximum atomic E-state index is 8.24. The number of rotatable bonds is 6. The van der Waals surface area contributed by atoms with Gasteiger partial charge in [0.05, 0.1) is 25.9 Å². The predicted octanol–water partition coefficient (Wildman–Crippen LogP) is -4.33. The molecular formula is C5H17B2NaO8. The molecule has 0 aromatic carbocycles. The van der Waals surface area contributed by atoms with Crippen molar-refractivity contribution in [2.45, 2.75) is 13.0 Å². The third kappa shape index (κ3) is 24.2. The summed E-state index contributed by atoms with van der Waals surface area (Å²) in [6.07, 6.45) is -0.614. The molecule has 0 aliphatic heterocycles. The van der Waals surface area contributed by atoms with Crippen LogP contribution in [0.5, 0.6) is 0 Å². The molecule has 0 heterocycles. The van der Waals surface area contributed by atoms with Crippen LogP contribution in [0.15, 0.2) is 0 Å². The summed E-state index contributed by atoms with van der Waals surface area (Å²) >= 11 is 0. The van der Waals surface area contributed by atoms with Crippen LogP contribution in [0.4, 0.5) is 0 Å².